The summed E-state index contributed by atoms with van der Waals surface area (Å²) in [5, 5.41) is 13.8. The highest BCUT2D eigenvalue weighted by Gasteiger charge is 2.32. The zero-order valence-electron chi connectivity index (χ0n) is 35.2. The van der Waals surface area contributed by atoms with Crippen molar-refractivity contribution in [3.05, 3.63) is 0 Å². The lowest BCUT2D eigenvalue weighted by Crippen LogP contribution is -2.42. The third-order valence-electron chi connectivity index (χ3n) is 7.71. The van der Waals surface area contributed by atoms with Gasteiger partial charge in [-0.2, -0.15) is 0 Å². The minimum atomic E-state index is -0.345. The Morgan fingerprint density at radius 1 is 0.298 bits per heavy atom. The molecule has 0 aromatic rings. The van der Waals surface area contributed by atoms with Crippen molar-refractivity contribution in [3.63, 3.8) is 0 Å². The zero-order valence-corrected chi connectivity index (χ0v) is 41.7. The normalized spacial score (nSPS) is 12.0. The summed E-state index contributed by atoms with van der Waals surface area (Å²) in [6.07, 6.45) is 8.20. The molecule has 0 aromatic heterocycles. The maximum atomic E-state index is 6.40. The molecule has 0 rings (SSSR count). The van der Waals surface area contributed by atoms with Crippen LogP contribution in [0.5, 0.6) is 0 Å². The van der Waals surface area contributed by atoms with Crippen LogP contribution in [0.15, 0.2) is 0 Å². The van der Waals surface area contributed by atoms with Crippen molar-refractivity contribution in [3.8, 4) is 0 Å². The summed E-state index contributed by atoms with van der Waals surface area (Å²) in [5.41, 5.74) is 22.0. The van der Waals surface area contributed by atoms with Gasteiger partial charge in [-0.3, -0.25) is 0 Å². The summed E-state index contributed by atoms with van der Waals surface area (Å²) in [6.45, 7) is 16.3. The minimum absolute atomic E-state index is 0.345. The van der Waals surface area contributed by atoms with Gasteiger partial charge in [-0.05, 0) is 104 Å². The average Bonchev–Trinajstić information content (AvgIpc) is 3.22. The number of hydrogen-bond donors (Lipinski definition) is 8. The van der Waals surface area contributed by atoms with Gasteiger partial charge in [0.2, 0.25) is 0 Å². The molecular formula is C37H84N8O4S8. The van der Waals surface area contributed by atoms with Crippen molar-refractivity contribution in [2.75, 3.05) is 177 Å². The topological polar surface area (TPSA) is 189 Å². The number of nitrogens with one attached hydrogen (secondary N) is 4. The van der Waals surface area contributed by atoms with Crippen LogP contribution < -0.4 is 44.2 Å². The Labute approximate surface area is 380 Å². The van der Waals surface area contributed by atoms with Crippen LogP contribution in [-0.4, -0.2) is 177 Å². The average molecular weight is 962 g/mol. The monoisotopic (exact) mass is 960 g/mol. The van der Waals surface area contributed by atoms with E-state index in [9.17, 15) is 0 Å². The summed E-state index contributed by atoms with van der Waals surface area (Å²) in [4.78, 5) is 0. The van der Waals surface area contributed by atoms with E-state index in [2.05, 4.69) is 21.3 Å². The van der Waals surface area contributed by atoms with Crippen molar-refractivity contribution in [2.24, 2.45) is 28.3 Å². The predicted molar refractivity (Wildman–Crippen MR) is 270 cm³/mol. The molecule has 0 bridgehead atoms. The summed E-state index contributed by atoms with van der Waals surface area (Å²) in [7, 11) is 15.4. The van der Waals surface area contributed by atoms with E-state index in [-0.39, 0.29) is 5.41 Å². The van der Waals surface area contributed by atoms with Gasteiger partial charge in [-0.1, -0.05) is 86.4 Å². The van der Waals surface area contributed by atoms with Crippen molar-refractivity contribution in [2.45, 2.75) is 51.4 Å². The Bertz CT molecular complexity index is 644. The second-order valence-electron chi connectivity index (χ2n) is 13.3. The molecular weight excluding hydrogens is 877 g/mol. The quantitative estimate of drug-likeness (QED) is 0.0304. The van der Waals surface area contributed by atoms with Gasteiger partial charge in [0, 0.05) is 98.6 Å². The van der Waals surface area contributed by atoms with E-state index in [1.807, 2.05) is 86.4 Å². The van der Waals surface area contributed by atoms with Crippen LogP contribution in [0.25, 0.3) is 0 Å². The molecule has 0 aromatic carbocycles. The molecule has 12 nitrogen and oxygen atoms in total. The van der Waals surface area contributed by atoms with Gasteiger partial charge in [0.25, 0.3) is 0 Å². The molecule has 57 heavy (non-hydrogen) atoms. The predicted octanol–water partition coefficient (Wildman–Crippen LogP) is 4.88. The van der Waals surface area contributed by atoms with E-state index in [1.54, 1.807) is 0 Å². The van der Waals surface area contributed by atoms with Gasteiger partial charge >= 0.3 is 0 Å². The maximum absolute atomic E-state index is 6.40. The maximum Gasteiger partial charge on any atom is 0.0637 e. The van der Waals surface area contributed by atoms with Crippen LogP contribution in [0.4, 0.5) is 0 Å². The highest BCUT2D eigenvalue weighted by Crippen LogP contribution is 2.26. The molecule has 0 aliphatic rings. The van der Waals surface area contributed by atoms with Crippen molar-refractivity contribution < 1.29 is 18.9 Å². The molecule has 0 aliphatic heterocycles. The third kappa shape index (κ3) is 47.6. The second kappa shape index (κ2) is 52.7. The minimum Gasteiger partial charge on any atom is -0.381 e. The molecule has 0 heterocycles. The van der Waals surface area contributed by atoms with Gasteiger partial charge in [0.05, 0.1) is 31.8 Å². The number of rotatable bonds is 52. The van der Waals surface area contributed by atoms with Crippen LogP contribution in [0, 0.1) is 5.41 Å². The smallest absolute Gasteiger partial charge is 0.0637 e. The fourth-order valence-corrected chi connectivity index (χ4v) is 12.7. The molecule has 0 fully saturated rings. The Kier molecular flexibility index (Phi) is 54.8. The van der Waals surface area contributed by atoms with Crippen LogP contribution in [0.3, 0.4) is 0 Å². The molecule has 20 heteroatoms. The molecule has 12 N–H and O–H groups in total. The Hall–Kier alpha value is 2.32. The first-order valence-electron chi connectivity index (χ1n) is 21.2. The molecule has 0 radical (unpaired) electrons. The number of ether oxygens (including phenoxy) is 4. The van der Waals surface area contributed by atoms with Gasteiger partial charge in [-0.25, -0.2) is 0 Å². The number of nitrogens with two attached hydrogens (primary N) is 4. The van der Waals surface area contributed by atoms with Crippen molar-refractivity contribution in [1.82, 2.24) is 21.3 Å². The van der Waals surface area contributed by atoms with E-state index < -0.39 is 0 Å². The first-order chi connectivity index (χ1) is 28.2. The van der Waals surface area contributed by atoms with Crippen molar-refractivity contribution >= 4 is 86.4 Å². The molecule has 0 spiro atoms. The molecule has 0 amide bonds. The van der Waals surface area contributed by atoms with Crippen LogP contribution in [0.1, 0.15) is 51.4 Å². The lowest BCUT2D eigenvalue weighted by molar-refractivity contribution is -0.106. The van der Waals surface area contributed by atoms with E-state index in [1.165, 1.54) is 0 Å². The second-order valence-corrected chi connectivity index (χ2v) is 24.1. The van der Waals surface area contributed by atoms with Gasteiger partial charge < -0.3 is 63.1 Å². The van der Waals surface area contributed by atoms with Crippen LogP contribution >= 0.6 is 86.4 Å². The SMILES string of the molecule is NCCCNCCSSCCCOCC(COCCCSSCCNCCCN)(COCCCSSCCNCCCN)COCCCSSCCNCCCN. The zero-order chi connectivity index (χ0) is 41.3. The highest BCUT2D eigenvalue weighted by atomic mass is 33.1. The first kappa shape index (κ1) is 59.3. The molecule has 0 aliphatic carbocycles. The van der Waals surface area contributed by atoms with Gasteiger partial charge in [-0.15, -0.1) is 0 Å². The van der Waals surface area contributed by atoms with Crippen LogP contribution in [0.2, 0.25) is 0 Å². The summed E-state index contributed by atoms with van der Waals surface area (Å²) in [6, 6.07) is 0. The Balaban J connectivity index is 4.91. The summed E-state index contributed by atoms with van der Waals surface area (Å²) in [5.74, 6) is 8.68. The van der Waals surface area contributed by atoms with Gasteiger partial charge in [0.15, 0.2) is 0 Å². The van der Waals surface area contributed by atoms with E-state index in [0.717, 1.165) is 202 Å². The van der Waals surface area contributed by atoms with Crippen LogP contribution in [-0.2, 0) is 18.9 Å². The van der Waals surface area contributed by atoms with Gasteiger partial charge in [0.1, 0.15) is 0 Å². The molecule has 0 atom stereocenters. The first-order valence-corrected chi connectivity index (χ1v) is 31.1. The standard InChI is InChI=1S/C37H84N8O4S8/c38-9-1-13-42-17-29-54-50-25-5-21-46-33-37(34-47-22-6-26-51-55-30-18-43-14-2-10-39,35-48-23-7-27-52-56-31-19-44-15-3-11-40)36-49-24-8-28-53-57-32-20-45-16-4-12-41/h42-45H,1-36,38-41H2. The Morgan fingerprint density at radius 2 is 0.526 bits per heavy atom. The lowest BCUT2D eigenvalue weighted by atomic mass is 9.92. The van der Waals surface area contributed by atoms with E-state index in [4.69, 9.17) is 41.9 Å². The molecule has 0 unspecified atom stereocenters. The fourth-order valence-electron chi connectivity index (χ4n) is 4.62. The highest BCUT2D eigenvalue weighted by molar-refractivity contribution is 8.77. The largest absolute Gasteiger partial charge is 0.381 e. The number of hydrogen-bond acceptors (Lipinski definition) is 20. The third-order valence-corrected chi connectivity index (χ3v) is 17.7. The van der Waals surface area contributed by atoms with E-state index in [0.29, 0.717) is 26.4 Å². The summed E-state index contributed by atoms with van der Waals surface area (Å²) >= 11 is 0. The molecule has 0 saturated heterocycles. The molecule has 344 valence electrons. The summed E-state index contributed by atoms with van der Waals surface area (Å²) < 4.78 is 25.6. The van der Waals surface area contributed by atoms with E-state index >= 15 is 0 Å². The lowest BCUT2D eigenvalue weighted by Gasteiger charge is -2.33. The molecule has 0 saturated carbocycles. The fraction of sp³-hybridized carbons (Fsp3) is 1.00. The van der Waals surface area contributed by atoms with Crippen molar-refractivity contribution in [1.29, 1.82) is 0 Å². The Morgan fingerprint density at radius 3 is 0.754 bits per heavy atom.